The summed E-state index contributed by atoms with van der Waals surface area (Å²) in [6.07, 6.45) is 1.68. The zero-order chi connectivity index (χ0) is 11.6. The van der Waals surface area contributed by atoms with Gasteiger partial charge in [-0.3, -0.25) is 9.69 Å². The number of carbonyl (C=O) groups excluding carboxylic acids is 1. The Bertz CT molecular complexity index is 257. The lowest BCUT2D eigenvalue weighted by Gasteiger charge is -2.32. The van der Waals surface area contributed by atoms with Crippen LogP contribution in [-0.2, 0) is 4.79 Å². The molecule has 1 amide bonds. The smallest absolute Gasteiger partial charge is 0.240 e. The molecular weight excluding hydrogens is 204 g/mol. The van der Waals surface area contributed by atoms with Crippen LogP contribution in [0.5, 0.6) is 0 Å². The van der Waals surface area contributed by atoms with Crippen LogP contribution in [-0.4, -0.2) is 67.6 Å². The maximum Gasteiger partial charge on any atom is 0.240 e. The Kier molecular flexibility index (Phi) is 3.47. The minimum Gasteiger partial charge on any atom is -0.353 e. The van der Waals surface area contributed by atoms with E-state index < -0.39 is 5.54 Å². The Labute approximate surface area is 96.9 Å². The van der Waals surface area contributed by atoms with Gasteiger partial charge in [0, 0.05) is 39.3 Å². The molecule has 92 valence electrons. The van der Waals surface area contributed by atoms with Gasteiger partial charge in [0.1, 0.15) is 0 Å². The SMILES string of the molecule is CN1CCN(CCNC(=O)C2(N)CC2)CC1. The van der Waals surface area contributed by atoms with Gasteiger partial charge in [-0.2, -0.15) is 0 Å². The van der Waals surface area contributed by atoms with Crippen molar-refractivity contribution in [2.75, 3.05) is 46.3 Å². The van der Waals surface area contributed by atoms with E-state index in [9.17, 15) is 4.79 Å². The zero-order valence-corrected chi connectivity index (χ0v) is 10.0. The number of rotatable bonds is 4. The van der Waals surface area contributed by atoms with Gasteiger partial charge in [0.25, 0.3) is 0 Å². The molecule has 5 nitrogen and oxygen atoms in total. The second kappa shape index (κ2) is 4.69. The van der Waals surface area contributed by atoms with Crippen molar-refractivity contribution >= 4 is 5.91 Å². The molecule has 0 spiro atoms. The summed E-state index contributed by atoms with van der Waals surface area (Å²) >= 11 is 0. The highest BCUT2D eigenvalue weighted by atomic mass is 16.2. The summed E-state index contributed by atoms with van der Waals surface area (Å²) < 4.78 is 0. The van der Waals surface area contributed by atoms with Crippen molar-refractivity contribution in [3.8, 4) is 0 Å². The van der Waals surface area contributed by atoms with E-state index >= 15 is 0 Å². The first kappa shape index (κ1) is 11.8. The van der Waals surface area contributed by atoms with Gasteiger partial charge in [0.05, 0.1) is 5.54 Å². The van der Waals surface area contributed by atoms with Crippen LogP contribution in [0.15, 0.2) is 0 Å². The topological polar surface area (TPSA) is 61.6 Å². The molecule has 1 saturated carbocycles. The Hall–Kier alpha value is -0.650. The first-order valence-corrected chi connectivity index (χ1v) is 6.08. The van der Waals surface area contributed by atoms with E-state index in [0.717, 1.165) is 52.1 Å². The van der Waals surface area contributed by atoms with Gasteiger partial charge in [0.15, 0.2) is 0 Å². The number of likely N-dealkylation sites (N-methyl/N-ethyl adjacent to an activating group) is 1. The second-order valence-electron chi connectivity index (χ2n) is 5.06. The molecule has 1 saturated heterocycles. The van der Waals surface area contributed by atoms with E-state index in [2.05, 4.69) is 22.2 Å². The molecule has 0 unspecified atom stereocenters. The van der Waals surface area contributed by atoms with E-state index in [1.165, 1.54) is 0 Å². The van der Waals surface area contributed by atoms with Crippen molar-refractivity contribution in [2.45, 2.75) is 18.4 Å². The molecule has 0 aromatic rings. The van der Waals surface area contributed by atoms with Gasteiger partial charge >= 0.3 is 0 Å². The van der Waals surface area contributed by atoms with Crippen molar-refractivity contribution in [2.24, 2.45) is 5.73 Å². The normalized spacial score (nSPS) is 25.4. The fourth-order valence-corrected chi connectivity index (χ4v) is 1.94. The summed E-state index contributed by atoms with van der Waals surface area (Å²) in [5, 5.41) is 2.92. The molecule has 0 radical (unpaired) electrons. The van der Waals surface area contributed by atoms with Crippen molar-refractivity contribution in [1.82, 2.24) is 15.1 Å². The van der Waals surface area contributed by atoms with Gasteiger partial charge in [-0.05, 0) is 19.9 Å². The first-order chi connectivity index (χ1) is 7.60. The highest BCUT2D eigenvalue weighted by molar-refractivity contribution is 5.88. The van der Waals surface area contributed by atoms with Gasteiger partial charge in [-0.15, -0.1) is 0 Å². The van der Waals surface area contributed by atoms with E-state index in [-0.39, 0.29) is 5.91 Å². The van der Waals surface area contributed by atoms with Gasteiger partial charge in [-0.1, -0.05) is 0 Å². The second-order valence-corrected chi connectivity index (χ2v) is 5.06. The van der Waals surface area contributed by atoms with Crippen LogP contribution >= 0.6 is 0 Å². The molecule has 5 heteroatoms. The Morgan fingerprint density at radius 1 is 1.31 bits per heavy atom. The average molecular weight is 226 g/mol. The van der Waals surface area contributed by atoms with Crippen LogP contribution in [0.2, 0.25) is 0 Å². The summed E-state index contributed by atoms with van der Waals surface area (Å²) in [5.41, 5.74) is 5.27. The third-order valence-electron chi connectivity index (χ3n) is 3.55. The summed E-state index contributed by atoms with van der Waals surface area (Å²) in [6.45, 7) is 6.10. The molecule has 3 N–H and O–H groups in total. The predicted molar refractivity (Wildman–Crippen MR) is 63.1 cm³/mol. The Morgan fingerprint density at radius 2 is 1.94 bits per heavy atom. The number of amides is 1. The minimum atomic E-state index is -0.526. The van der Waals surface area contributed by atoms with Crippen molar-refractivity contribution < 1.29 is 4.79 Å². The Balaban J connectivity index is 1.59. The number of nitrogens with two attached hydrogens (primary N) is 1. The third-order valence-corrected chi connectivity index (χ3v) is 3.55. The molecule has 1 aliphatic carbocycles. The lowest BCUT2D eigenvalue weighted by molar-refractivity contribution is -0.123. The molecule has 0 bridgehead atoms. The number of nitrogens with one attached hydrogen (secondary N) is 1. The van der Waals surface area contributed by atoms with Gasteiger partial charge in [-0.25, -0.2) is 0 Å². The summed E-state index contributed by atoms with van der Waals surface area (Å²) in [4.78, 5) is 16.3. The lowest BCUT2D eigenvalue weighted by atomic mass is 10.2. The molecule has 0 aromatic heterocycles. The number of hydrogen-bond donors (Lipinski definition) is 2. The van der Waals surface area contributed by atoms with Gasteiger partial charge in [0.2, 0.25) is 5.91 Å². The lowest BCUT2D eigenvalue weighted by Crippen LogP contribution is -2.49. The summed E-state index contributed by atoms with van der Waals surface area (Å²) in [7, 11) is 2.14. The molecule has 1 heterocycles. The van der Waals surface area contributed by atoms with Crippen LogP contribution in [0.25, 0.3) is 0 Å². The van der Waals surface area contributed by atoms with Crippen LogP contribution in [0.4, 0.5) is 0 Å². The fourth-order valence-electron chi connectivity index (χ4n) is 1.94. The molecule has 2 fully saturated rings. The first-order valence-electron chi connectivity index (χ1n) is 6.08. The Morgan fingerprint density at radius 3 is 2.50 bits per heavy atom. The summed E-state index contributed by atoms with van der Waals surface area (Å²) in [5.74, 6) is 0.0293. The van der Waals surface area contributed by atoms with Crippen molar-refractivity contribution in [3.63, 3.8) is 0 Å². The number of nitrogens with zero attached hydrogens (tertiary/aromatic N) is 2. The van der Waals surface area contributed by atoms with Gasteiger partial charge < -0.3 is 16.0 Å². The van der Waals surface area contributed by atoms with Crippen LogP contribution in [0.3, 0.4) is 0 Å². The number of piperazine rings is 1. The maximum atomic E-state index is 11.6. The third kappa shape index (κ3) is 2.93. The van der Waals surface area contributed by atoms with Crippen molar-refractivity contribution in [3.05, 3.63) is 0 Å². The molecule has 0 atom stereocenters. The van der Waals surface area contributed by atoms with Crippen molar-refractivity contribution in [1.29, 1.82) is 0 Å². The molecule has 16 heavy (non-hydrogen) atoms. The minimum absolute atomic E-state index is 0.0293. The van der Waals surface area contributed by atoms with E-state index in [4.69, 9.17) is 5.73 Å². The standard InChI is InChI=1S/C11H22N4O/c1-14-6-8-15(9-7-14)5-4-13-10(16)11(12)2-3-11/h2-9,12H2,1H3,(H,13,16). The largest absolute Gasteiger partial charge is 0.353 e. The fraction of sp³-hybridized carbons (Fsp3) is 0.909. The van der Waals surface area contributed by atoms with Crippen LogP contribution < -0.4 is 11.1 Å². The number of hydrogen-bond acceptors (Lipinski definition) is 4. The highest BCUT2D eigenvalue weighted by Gasteiger charge is 2.45. The van der Waals surface area contributed by atoms with E-state index in [1.807, 2.05) is 0 Å². The monoisotopic (exact) mass is 226 g/mol. The highest BCUT2D eigenvalue weighted by Crippen LogP contribution is 2.31. The van der Waals surface area contributed by atoms with Crippen LogP contribution in [0.1, 0.15) is 12.8 Å². The van der Waals surface area contributed by atoms with Crippen LogP contribution in [0, 0.1) is 0 Å². The van der Waals surface area contributed by atoms with E-state index in [1.54, 1.807) is 0 Å². The average Bonchev–Trinajstić information content (AvgIpc) is 3.01. The quantitative estimate of drug-likeness (QED) is 0.635. The maximum absolute atomic E-state index is 11.6. The van der Waals surface area contributed by atoms with E-state index in [0.29, 0.717) is 0 Å². The molecule has 2 rings (SSSR count). The number of carbonyl (C=O) groups is 1. The molecular formula is C11H22N4O. The molecule has 2 aliphatic rings. The zero-order valence-electron chi connectivity index (χ0n) is 10.0. The molecule has 0 aromatic carbocycles. The predicted octanol–water partition coefficient (Wildman–Crippen LogP) is -1.16. The molecule has 1 aliphatic heterocycles. The summed E-state index contributed by atoms with van der Waals surface area (Å²) in [6, 6.07) is 0.